The summed E-state index contributed by atoms with van der Waals surface area (Å²) in [7, 11) is 0. The molecule has 17 heavy (non-hydrogen) atoms. The van der Waals surface area contributed by atoms with Crippen LogP contribution in [0.15, 0.2) is 22.8 Å². The molecule has 1 N–H and O–H groups in total. The zero-order chi connectivity index (χ0) is 12.8. The highest BCUT2D eigenvalue weighted by atomic mass is 79.9. The third-order valence-electron chi connectivity index (χ3n) is 2.22. The van der Waals surface area contributed by atoms with Gasteiger partial charge in [-0.05, 0) is 28.1 Å². The minimum atomic E-state index is -1.97. The van der Waals surface area contributed by atoms with Crippen LogP contribution in [0.25, 0.3) is 10.9 Å². The molecule has 0 aliphatic heterocycles. The number of fused-ring (bicyclic) bond motifs is 1. The zero-order valence-corrected chi connectivity index (χ0v) is 12.6. The minimum absolute atomic E-state index is 0.317. The number of carbonyl (C=O) groups is 1. The number of halogens is 5. The third kappa shape index (κ3) is 2.59. The molecule has 90 valence electrons. The fourth-order valence-corrected chi connectivity index (χ4v) is 2.27. The molecule has 2 aromatic rings. The van der Waals surface area contributed by atoms with Gasteiger partial charge in [-0.2, -0.15) is 0 Å². The summed E-state index contributed by atoms with van der Waals surface area (Å²) >= 11 is 25.9. The first-order valence-corrected chi connectivity index (χ1v) is 6.69. The van der Waals surface area contributed by atoms with E-state index >= 15 is 0 Å². The first-order chi connectivity index (χ1) is 7.80. The van der Waals surface area contributed by atoms with E-state index in [9.17, 15) is 4.79 Å². The fourth-order valence-electron chi connectivity index (χ4n) is 1.46. The Morgan fingerprint density at radius 1 is 1.29 bits per heavy atom. The predicted molar refractivity (Wildman–Crippen MR) is 75.6 cm³/mol. The van der Waals surface area contributed by atoms with E-state index in [0.717, 1.165) is 0 Å². The Hall–Kier alpha value is 0.0700. The zero-order valence-electron chi connectivity index (χ0n) is 8.03. The second kappa shape index (κ2) is 4.63. The van der Waals surface area contributed by atoms with E-state index < -0.39 is 9.58 Å². The van der Waals surface area contributed by atoms with Gasteiger partial charge in [0.2, 0.25) is 5.78 Å². The lowest BCUT2D eigenvalue weighted by molar-refractivity contribution is 0.0998. The lowest BCUT2D eigenvalue weighted by atomic mass is 10.1. The molecule has 1 heterocycles. The SMILES string of the molecule is O=C(c1c[nH]c2cc(Cl)c(Br)cc12)C(Cl)(Cl)Cl. The number of ketones is 1. The Balaban J connectivity index is 2.65. The van der Waals surface area contributed by atoms with Gasteiger partial charge in [0.25, 0.3) is 3.79 Å². The van der Waals surface area contributed by atoms with Crippen LogP contribution < -0.4 is 0 Å². The van der Waals surface area contributed by atoms with Crippen LogP contribution in [0.5, 0.6) is 0 Å². The summed E-state index contributed by atoms with van der Waals surface area (Å²) in [5.41, 5.74) is 1.02. The molecule has 0 unspecified atom stereocenters. The summed E-state index contributed by atoms with van der Waals surface area (Å²) in [5.74, 6) is -0.581. The number of carbonyl (C=O) groups excluding carboxylic acids is 1. The molecule has 0 saturated carbocycles. The van der Waals surface area contributed by atoms with Gasteiger partial charge >= 0.3 is 0 Å². The van der Waals surface area contributed by atoms with E-state index in [4.69, 9.17) is 46.4 Å². The third-order valence-corrected chi connectivity index (χ3v) is 3.94. The van der Waals surface area contributed by atoms with Gasteiger partial charge in [-0.1, -0.05) is 46.4 Å². The van der Waals surface area contributed by atoms with E-state index in [1.54, 1.807) is 12.1 Å². The van der Waals surface area contributed by atoms with Crippen LogP contribution in [-0.2, 0) is 0 Å². The summed E-state index contributed by atoms with van der Waals surface area (Å²) in [6.45, 7) is 0. The predicted octanol–water partition coefficient (Wildman–Crippen LogP) is 5.14. The van der Waals surface area contributed by atoms with Crippen LogP contribution in [0.4, 0.5) is 0 Å². The Labute approximate surface area is 125 Å². The van der Waals surface area contributed by atoms with E-state index in [1.165, 1.54) is 6.20 Å². The van der Waals surface area contributed by atoms with Crippen LogP contribution in [0.1, 0.15) is 10.4 Å². The van der Waals surface area contributed by atoms with Crippen molar-refractivity contribution in [3.05, 3.63) is 33.4 Å². The van der Waals surface area contributed by atoms with Crippen molar-refractivity contribution in [2.45, 2.75) is 3.79 Å². The number of H-pyrrole nitrogens is 1. The maximum Gasteiger partial charge on any atom is 0.253 e. The Bertz CT molecular complexity index is 602. The van der Waals surface area contributed by atoms with Crippen molar-refractivity contribution in [1.82, 2.24) is 4.98 Å². The molecule has 0 spiro atoms. The van der Waals surface area contributed by atoms with Crippen molar-refractivity contribution in [2.24, 2.45) is 0 Å². The van der Waals surface area contributed by atoms with Crippen LogP contribution in [0.3, 0.4) is 0 Å². The van der Waals surface area contributed by atoms with Crippen molar-refractivity contribution in [1.29, 1.82) is 0 Å². The highest BCUT2D eigenvalue weighted by Crippen LogP contribution is 2.35. The average molecular weight is 376 g/mol. The highest BCUT2D eigenvalue weighted by molar-refractivity contribution is 9.10. The van der Waals surface area contributed by atoms with Gasteiger partial charge in [0, 0.05) is 27.1 Å². The summed E-state index contributed by atoms with van der Waals surface area (Å²) < 4.78 is -1.30. The van der Waals surface area contributed by atoms with Crippen molar-refractivity contribution in [2.75, 3.05) is 0 Å². The van der Waals surface area contributed by atoms with Crippen LogP contribution in [0.2, 0.25) is 5.02 Å². The molecular weight excluding hydrogens is 372 g/mol. The smallest absolute Gasteiger partial charge is 0.253 e. The molecule has 0 radical (unpaired) electrons. The molecule has 0 aliphatic carbocycles. The monoisotopic (exact) mass is 373 g/mol. The quantitative estimate of drug-likeness (QED) is 0.543. The van der Waals surface area contributed by atoms with Crippen molar-refractivity contribution < 1.29 is 4.79 Å². The molecule has 1 aromatic carbocycles. The van der Waals surface area contributed by atoms with Crippen LogP contribution >= 0.6 is 62.3 Å². The van der Waals surface area contributed by atoms with E-state index in [1.807, 2.05) is 0 Å². The van der Waals surface area contributed by atoms with Gasteiger partial charge in [-0.3, -0.25) is 4.79 Å². The Kier molecular flexibility index (Phi) is 3.68. The maximum atomic E-state index is 11.9. The topological polar surface area (TPSA) is 32.9 Å². The molecule has 2 nitrogen and oxygen atoms in total. The van der Waals surface area contributed by atoms with Gasteiger partial charge in [-0.25, -0.2) is 0 Å². The number of Topliss-reactive ketones (excluding diaryl/α,β-unsaturated/α-hetero) is 1. The number of aromatic nitrogens is 1. The average Bonchev–Trinajstić information content (AvgIpc) is 2.59. The van der Waals surface area contributed by atoms with Crippen LogP contribution in [0, 0.1) is 0 Å². The maximum absolute atomic E-state index is 11.9. The number of alkyl halides is 3. The molecule has 7 heteroatoms. The van der Waals surface area contributed by atoms with Crippen molar-refractivity contribution in [3.8, 4) is 0 Å². The standard InChI is InChI=1S/C10H4BrCl4NO/c11-6-1-4-5(9(17)10(13,14)15)3-16-8(4)2-7(6)12/h1-3,16H. The molecule has 2 rings (SSSR count). The number of nitrogens with one attached hydrogen (secondary N) is 1. The number of hydrogen-bond acceptors (Lipinski definition) is 1. The van der Waals surface area contributed by atoms with E-state index in [0.29, 0.717) is 26.0 Å². The highest BCUT2D eigenvalue weighted by Gasteiger charge is 2.33. The summed E-state index contributed by atoms with van der Waals surface area (Å²) in [4.78, 5) is 14.8. The number of rotatable bonds is 1. The van der Waals surface area contributed by atoms with Crippen LogP contribution in [-0.4, -0.2) is 14.6 Å². The van der Waals surface area contributed by atoms with E-state index in [2.05, 4.69) is 20.9 Å². The second-order valence-corrected chi connectivity index (χ2v) is 6.88. The molecule has 0 amide bonds. The lowest BCUT2D eigenvalue weighted by Gasteiger charge is -2.08. The lowest BCUT2D eigenvalue weighted by Crippen LogP contribution is -2.18. The van der Waals surface area contributed by atoms with Gasteiger partial charge in [0.05, 0.1) is 5.02 Å². The second-order valence-electron chi connectivity index (χ2n) is 3.34. The van der Waals surface area contributed by atoms with Crippen molar-refractivity contribution >= 4 is 79.0 Å². The summed E-state index contributed by atoms with van der Waals surface area (Å²) in [5, 5.41) is 1.19. The largest absolute Gasteiger partial charge is 0.360 e. The normalized spacial score (nSPS) is 12.1. The number of aromatic amines is 1. The van der Waals surface area contributed by atoms with E-state index in [-0.39, 0.29) is 0 Å². The van der Waals surface area contributed by atoms with Gasteiger partial charge in [0.1, 0.15) is 0 Å². The summed E-state index contributed by atoms with van der Waals surface area (Å²) in [6.07, 6.45) is 1.50. The Morgan fingerprint density at radius 2 is 1.94 bits per heavy atom. The first kappa shape index (κ1) is 13.5. The molecule has 0 saturated heterocycles. The minimum Gasteiger partial charge on any atom is -0.360 e. The molecule has 0 aliphatic rings. The van der Waals surface area contributed by atoms with Gasteiger partial charge in [-0.15, -0.1) is 0 Å². The molecule has 1 aromatic heterocycles. The molecule has 0 fully saturated rings. The molecular formula is C10H4BrCl4NO. The first-order valence-electron chi connectivity index (χ1n) is 4.38. The van der Waals surface area contributed by atoms with Gasteiger partial charge in [0.15, 0.2) is 0 Å². The van der Waals surface area contributed by atoms with Crippen molar-refractivity contribution in [3.63, 3.8) is 0 Å². The molecule has 0 bridgehead atoms. The van der Waals surface area contributed by atoms with Gasteiger partial charge < -0.3 is 4.98 Å². The summed E-state index contributed by atoms with van der Waals surface area (Å²) in [6, 6.07) is 3.40. The fraction of sp³-hybridized carbons (Fsp3) is 0.100. The number of benzene rings is 1. The number of hydrogen-bond donors (Lipinski definition) is 1. The molecule has 0 atom stereocenters. The Morgan fingerprint density at radius 3 is 2.53 bits per heavy atom.